The van der Waals surface area contributed by atoms with E-state index in [4.69, 9.17) is 4.74 Å². The monoisotopic (exact) mass is 359 g/mol. The minimum absolute atomic E-state index is 0.0199. The van der Waals surface area contributed by atoms with Gasteiger partial charge >= 0.3 is 0 Å². The second kappa shape index (κ2) is 8.54. The van der Waals surface area contributed by atoms with Crippen LogP contribution in [0.2, 0.25) is 0 Å². The Morgan fingerprint density at radius 1 is 1.19 bits per heavy atom. The standard InChI is InChI=1S/C20H29N3O3/c1-14(24)22-19-12-23(11-18(19)16-5-6-16)13-20(25)21-10-9-15-3-7-17(26-2)8-4-15/h3-4,7-8,16,18-19H,5-6,9-13H2,1-2H3,(H,21,25)(H,22,24)/t18-,19+/m1/s1. The maximum Gasteiger partial charge on any atom is 0.234 e. The van der Waals surface area contributed by atoms with Crippen LogP contribution < -0.4 is 15.4 Å². The van der Waals surface area contributed by atoms with Crippen LogP contribution in [-0.4, -0.2) is 56.0 Å². The summed E-state index contributed by atoms with van der Waals surface area (Å²) in [5.41, 5.74) is 1.17. The van der Waals surface area contributed by atoms with Crippen LogP contribution in [0.5, 0.6) is 5.75 Å². The van der Waals surface area contributed by atoms with Gasteiger partial charge in [0.2, 0.25) is 11.8 Å². The van der Waals surface area contributed by atoms with E-state index in [-0.39, 0.29) is 17.9 Å². The Labute approximate surface area is 155 Å². The van der Waals surface area contributed by atoms with Gasteiger partial charge < -0.3 is 15.4 Å². The smallest absolute Gasteiger partial charge is 0.234 e. The summed E-state index contributed by atoms with van der Waals surface area (Å²) in [6.45, 7) is 4.27. The minimum Gasteiger partial charge on any atom is -0.497 e. The number of amides is 2. The molecule has 1 saturated carbocycles. The Hall–Kier alpha value is -2.08. The number of methoxy groups -OCH3 is 1. The van der Waals surface area contributed by atoms with Crippen molar-refractivity contribution >= 4 is 11.8 Å². The lowest BCUT2D eigenvalue weighted by Gasteiger charge is -2.18. The van der Waals surface area contributed by atoms with Gasteiger partial charge in [0.25, 0.3) is 0 Å². The van der Waals surface area contributed by atoms with Crippen molar-refractivity contribution in [3.63, 3.8) is 0 Å². The quantitative estimate of drug-likeness (QED) is 0.732. The predicted octanol–water partition coefficient (Wildman–Crippen LogP) is 1.20. The molecule has 0 unspecified atom stereocenters. The third kappa shape index (κ3) is 5.21. The van der Waals surface area contributed by atoms with Gasteiger partial charge in [0.05, 0.1) is 13.7 Å². The second-order valence-electron chi connectivity index (χ2n) is 7.45. The van der Waals surface area contributed by atoms with Gasteiger partial charge in [0.15, 0.2) is 0 Å². The van der Waals surface area contributed by atoms with Crippen LogP contribution in [0, 0.1) is 11.8 Å². The highest BCUT2D eigenvalue weighted by atomic mass is 16.5. The van der Waals surface area contributed by atoms with Crippen molar-refractivity contribution < 1.29 is 14.3 Å². The molecule has 142 valence electrons. The Balaban J connectivity index is 1.40. The van der Waals surface area contributed by atoms with Crippen LogP contribution in [0.15, 0.2) is 24.3 Å². The van der Waals surface area contributed by atoms with Gasteiger partial charge in [-0.1, -0.05) is 12.1 Å². The molecule has 0 radical (unpaired) electrons. The van der Waals surface area contributed by atoms with E-state index in [0.29, 0.717) is 19.0 Å². The number of hydrogen-bond donors (Lipinski definition) is 2. The topological polar surface area (TPSA) is 70.7 Å². The number of likely N-dealkylation sites (tertiary alicyclic amines) is 1. The van der Waals surface area contributed by atoms with Gasteiger partial charge in [-0.3, -0.25) is 14.5 Å². The summed E-state index contributed by atoms with van der Waals surface area (Å²) >= 11 is 0. The van der Waals surface area contributed by atoms with Crippen LogP contribution in [0.3, 0.4) is 0 Å². The van der Waals surface area contributed by atoms with Gasteiger partial charge in [-0.2, -0.15) is 0 Å². The molecule has 0 spiro atoms. The minimum atomic E-state index is 0.0199. The van der Waals surface area contributed by atoms with Crippen molar-refractivity contribution in [2.24, 2.45) is 11.8 Å². The molecule has 1 aliphatic heterocycles. The first kappa shape index (κ1) is 18.7. The zero-order valence-corrected chi connectivity index (χ0v) is 15.7. The summed E-state index contributed by atoms with van der Waals surface area (Å²) in [5, 5.41) is 6.07. The molecule has 1 aliphatic carbocycles. The maximum absolute atomic E-state index is 12.3. The first-order valence-electron chi connectivity index (χ1n) is 9.44. The molecular weight excluding hydrogens is 330 g/mol. The summed E-state index contributed by atoms with van der Waals surface area (Å²) in [6, 6.07) is 8.09. The molecule has 0 aromatic heterocycles. The zero-order chi connectivity index (χ0) is 18.5. The van der Waals surface area contributed by atoms with E-state index >= 15 is 0 Å². The molecule has 2 aliphatic rings. The van der Waals surface area contributed by atoms with Gasteiger partial charge in [-0.05, 0) is 48.8 Å². The fourth-order valence-corrected chi connectivity index (χ4v) is 3.86. The molecule has 6 nitrogen and oxygen atoms in total. The molecule has 26 heavy (non-hydrogen) atoms. The molecule has 2 atom stereocenters. The van der Waals surface area contributed by atoms with Crippen LogP contribution in [-0.2, 0) is 16.0 Å². The van der Waals surface area contributed by atoms with Crippen LogP contribution in [0.1, 0.15) is 25.3 Å². The van der Waals surface area contributed by atoms with E-state index < -0.39 is 0 Å². The summed E-state index contributed by atoms with van der Waals surface area (Å²) in [6.07, 6.45) is 3.31. The van der Waals surface area contributed by atoms with Crippen LogP contribution in [0.25, 0.3) is 0 Å². The molecule has 6 heteroatoms. The Morgan fingerprint density at radius 3 is 2.54 bits per heavy atom. The van der Waals surface area contributed by atoms with Crippen molar-refractivity contribution in [3.8, 4) is 5.75 Å². The highest BCUT2D eigenvalue weighted by Gasteiger charge is 2.42. The first-order valence-corrected chi connectivity index (χ1v) is 9.44. The number of hydrogen-bond acceptors (Lipinski definition) is 4. The largest absolute Gasteiger partial charge is 0.497 e. The van der Waals surface area contributed by atoms with Gasteiger partial charge in [0.1, 0.15) is 5.75 Å². The summed E-state index contributed by atoms with van der Waals surface area (Å²) in [4.78, 5) is 25.8. The second-order valence-corrected chi connectivity index (χ2v) is 7.45. The SMILES string of the molecule is COc1ccc(CCNC(=O)CN2C[C@H](NC(C)=O)[C@@H](C3CC3)C2)cc1. The van der Waals surface area contributed by atoms with E-state index in [9.17, 15) is 9.59 Å². The molecule has 2 amide bonds. The maximum atomic E-state index is 12.3. The fourth-order valence-electron chi connectivity index (χ4n) is 3.86. The lowest BCUT2D eigenvalue weighted by atomic mass is 9.98. The van der Waals surface area contributed by atoms with Gasteiger partial charge in [0, 0.05) is 32.6 Å². The molecule has 3 rings (SSSR count). The third-order valence-electron chi connectivity index (χ3n) is 5.32. The Bertz CT molecular complexity index is 628. The Morgan fingerprint density at radius 2 is 1.92 bits per heavy atom. The number of benzene rings is 1. The molecule has 1 aromatic rings. The van der Waals surface area contributed by atoms with E-state index in [2.05, 4.69) is 15.5 Å². The summed E-state index contributed by atoms with van der Waals surface area (Å²) in [5.74, 6) is 2.12. The Kier molecular flexibility index (Phi) is 6.14. The molecule has 2 N–H and O–H groups in total. The van der Waals surface area contributed by atoms with Crippen LogP contribution in [0.4, 0.5) is 0 Å². The van der Waals surface area contributed by atoms with Crippen molar-refractivity contribution in [2.75, 3.05) is 33.3 Å². The number of carbonyl (C=O) groups excluding carboxylic acids is 2. The van der Waals surface area contributed by atoms with Crippen molar-refractivity contribution in [2.45, 2.75) is 32.2 Å². The lowest BCUT2D eigenvalue weighted by molar-refractivity contribution is -0.122. The van der Waals surface area contributed by atoms with Gasteiger partial charge in [-0.15, -0.1) is 0 Å². The number of nitrogens with zero attached hydrogens (tertiary/aromatic N) is 1. The molecule has 1 heterocycles. The van der Waals surface area contributed by atoms with Crippen molar-refractivity contribution in [1.29, 1.82) is 0 Å². The summed E-state index contributed by atoms with van der Waals surface area (Å²) < 4.78 is 5.15. The molecule has 0 bridgehead atoms. The number of carbonyl (C=O) groups is 2. The normalized spacial score (nSPS) is 22.8. The van der Waals surface area contributed by atoms with Crippen LogP contribution >= 0.6 is 0 Å². The lowest BCUT2D eigenvalue weighted by Crippen LogP contribution is -2.41. The third-order valence-corrected chi connectivity index (χ3v) is 5.32. The van der Waals surface area contributed by atoms with Crippen molar-refractivity contribution in [3.05, 3.63) is 29.8 Å². The summed E-state index contributed by atoms with van der Waals surface area (Å²) in [7, 11) is 1.65. The predicted molar refractivity (Wildman–Crippen MR) is 100.0 cm³/mol. The first-order chi connectivity index (χ1) is 12.5. The van der Waals surface area contributed by atoms with E-state index in [0.717, 1.165) is 31.2 Å². The van der Waals surface area contributed by atoms with E-state index in [1.165, 1.54) is 18.4 Å². The van der Waals surface area contributed by atoms with E-state index in [1.54, 1.807) is 14.0 Å². The average molecular weight is 359 g/mol. The zero-order valence-electron chi connectivity index (χ0n) is 15.7. The number of nitrogens with one attached hydrogen (secondary N) is 2. The molecular formula is C20H29N3O3. The van der Waals surface area contributed by atoms with E-state index in [1.807, 2.05) is 24.3 Å². The number of rotatable bonds is 8. The molecule has 2 fully saturated rings. The van der Waals surface area contributed by atoms with Gasteiger partial charge in [-0.25, -0.2) is 0 Å². The molecule has 1 saturated heterocycles. The average Bonchev–Trinajstić information content (AvgIpc) is 3.38. The highest BCUT2D eigenvalue weighted by molar-refractivity contribution is 5.78. The highest BCUT2D eigenvalue weighted by Crippen LogP contribution is 2.41. The molecule has 1 aromatic carbocycles. The van der Waals surface area contributed by atoms with Crippen molar-refractivity contribution in [1.82, 2.24) is 15.5 Å². The fraction of sp³-hybridized carbons (Fsp3) is 0.600. The number of ether oxygens (including phenoxy) is 1.